The zero-order chi connectivity index (χ0) is 11.8. The summed E-state index contributed by atoms with van der Waals surface area (Å²) in [6.07, 6.45) is 6.12. The van der Waals surface area contributed by atoms with Gasteiger partial charge in [0.1, 0.15) is 11.0 Å². The van der Waals surface area contributed by atoms with Crippen LogP contribution >= 0.6 is 27.5 Å². The fourth-order valence-electron chi connectivity index (χ4n) is 2.24. The highest BCUT2D eigenvalue weighted by atomic mass is 79.9. The Balaban J connectivity index is 2.22. The van der Waals surface area contributed by atoms with E-state index in [2.05, 4.69) is 30.8 Å². The van der Waals surface area contributed by atoms with Crippen molar-refractivity contribution >= 4 is 44.1 Å². The van der Waals surface area contributed by atoms with Crippen LogP contribution in [0.25, 0.3) is 10.8 Å². The molecule has 0 spiro atoms. The molecule has 0 N–H and O–H groups in total. The molecule has 0 aliphatic carbocycles. The summed E-state index contributed by atoms with van der Waals surface area (Å²) >= 11 is 9.44. The molecule has 0 bridgehead atoms. The van der Waals surface area contributed by atoms with Crippen LogP contribution in [0.3, 0.4) is 0 Å². The van der Waals surface area contributed by atoms with E-state index >= 15 is 0 Å². The van der Waals surface area contributed by atoms with Gasteiger partial charge < -0.3 is 4.90 Å². The first kappa shape index (κ1) is 11.2. The van der Waals surface area contributed by atoms with Crippen molar-refractivity contribution in [2.45, 2.75) is 12.8 Å². The fourth-order valence-corrected chi connectivity index (χ4v) is 2.83. The number of aromatic nitrogens is 2. The third-order valence-electron chi connectivity index (χ3n) is 3.07. The van der Waals surface area contributed by atoms with E-state index < -0.39 is 0 Å². The lowest BCUT2D eigenvalue weighted by atomic mass is 10.2. The minimum atomic E-state index is 0.511. The Morgan fingerprint density at radius 2 is 1.88 bits per heavy atom. The molecule has 3 nitrogen and oxygen atoms in total. The third kappa shape index (κ3) is 2.00. The van der Waals surface area contributed by atoms with Gasteiger partial charge in [0.25, 0.3) is 0 Å². The van der Waals surface area contributed by atoms with Gasteiger partial charge in [-0.2, -0.15) is 0 Å². The van der Waals surface area contributed by atoms with Gasteiger partial charge in [-0.25, -0.2) is 9.97 Å². The second-order valence-corrected chi connectivity index (χ2v) is 5.42. The maximum atomic E-state index is 5.94. The Labute approximate surface area is 113 Å². The van der Waals surface area contributed by atoms with Crippen molar-refractivity contribution in [3.8, 4) is 0 Å². The Kier molecular flexibility index (Phi) is 2.92. The van der Waals surface area contributed by atoms with Crippen LogP contribution < -0.4 is 4.90 Å². The number of anilines is 1. The summed E-state index contributed by atoms with van der Waals surface area (Å²) in [7, 11) is 0. The highest BCUT2D eigenvalue weighted by Gasteiger charge is 2.17. The van der Waals surface area contributed by atoms with Crippen LogP contribution in [0, 0.1) is 0 Å². The first-order chi connectivity index (χ1) is 8.25. The van der Waals surface area contributed by atoms with E-state index in [-0.39, 0.29) is 0 Å². The number of pyridine rings is 2. The van der Waals surface area contributed by atoms with Gasteiger partial charge in [-0.1, -0.05) is 11.6 Å². The molecule has 0 radical (unpaired) electrons. The number of halogens is 2. The van der Waals surface area contributed by atoms with Crippen molar-refractivity contribution in [2.75, 3.05) is 18.0 Å². The van der Waals surface area contributed by atoms with Gasteiger partial charge in [0, 0.05) is 40.7 Å². The van der Waals surface area contributed by atoms with E-state index in [4.69, 9.17) is 11.6 Å². The van der Waals surface area contributed by atoms with Gasteiger partial charge in [-0.05, 0) is 34.8 Å². The van der Waals surface area contributed by atoms with Crippen molar-refractivity contribution < 1.29 is 0 Å². The summed E-state index contributed by atoms with van der Waals surface area (Å²) in [5, 5.41) is 2.64. The number of hydrogen-bond donors (Lipinski definition) is 0. The topological polar surface area (TPSA) is 29.0 Å². The first-order valence-corrected chi connectivity index (χ1v) is 6.77. The van der Waals surface area contributed by atoms with Crippen molar-refractivity contribution in [1.82, 2.24) is 9.97 Å². The smallest absolute Gasteiger partial charge is 0.138 e. The largest absolute Gasteiger partial charge is 0.356 e. The molecule has 1 aliphatic rings. The molecule has 0 unspecified atom stereocenters. The average molecular weight is 313 g/mol. The molecule has 2 aromatic rings. The predicted octanol–water partition coefficient (Wildman–Crippen LogP) is 3.65. The lowest BCUT2D eigenvalue weighted by Gasteiger charge is -2.18. The van der Waals surface area contributed by atoms with Crippen molar-refractivity contribution in [3.63, 3.8) is 0 Å². The van der Waals surface area contributed by atoms with Crippen molar-refractivity contribution in [1.29, 1.82) is 0 Å². The minimum absolute atomic E-state index is 0.511. The monoisotopic (exact) mass is 311 g/mol. The number of fused-ring (bicyclic) bond motifs is 1. The highest BCUT2D eigenvalue weighted by molar-refractivity contribution is 9.10. The summed E-state index contributed by atoms with van der Waals surface area (Å²) in [5.74, 6) is 1.02. The lowest BCUT2D eigenvalue weighted by Crippen LogP contribution is -2.19. The number of hydrogen-bond acceptors (Lipinski definition) is 3. The zero-order valence-electron chi connectivity index (χ0n) is 9.16. The average Bonchev–Trinajstić information content (AvgIpc) is 2.84. The van der Waals surface area contributed by atoms with Gasteiger partial charge in [-0.15, -0.1) is 0 Å². The Morgan fingerprint density at radius 1 is 1.12 bits per heavy atom. The molecule has 0 saturated carbocycles. The van der Waals surface area contributed by atoms with Gasteiger partial charge in [0.15, 0.2) is 0 Å². The molecule has 1 aliphatic heterocycles. The molecule has 88 valence electrons. The van der Waals surface area contributed by atoms with Crippen LogP contribution in [0.15, 0.2) is 22.9 Å². The summed E-state index contributed by atoms with van der Waals surface area (Å²) in [6.45, 7) is 2.15. The number of rotatable bonds is 1. The normalized spacial score (nSPS) is 15.8. The Morgan fingerprint density at radius 3 is 2.65 bits per heavy atom. The molecule has 17 heavy (non-hydrogen) atoms. The zero-order valence-corrected chi connectivity index (χ0v) is 11.5. The van der Waals surface area contributed by atoms with Crippen LogP contribution in [0.1, 0.15) is 12.8 Å². The van der Waals surface area contributed by atoms with Gasteiger partial charge in [0.05, 0.1) is 0 Å². The quantitative estimate of drug-likeness (QED) is 0.753. The molecule has 0 amide bonds. The third-order valence-corrected chi connectivity index (χ3v) is 3.91. The molecular weight excluding hydrogens is 302 g/mol. The second kappa shape index (κ2) is 4.42. The Bertz CT molecular complexity index is 567. The summed E-state index contributed by atoms with van der Waals surface area (Å²) in [4.78, 5) is 11.0. The van der Waals surface area contributed by atoms with E-state index in [1.807, 2.05) is 18.5 Å². The fraction of sp³-hybridized carbons (Fsp3) is 0.333. The molecular formula is C12H11BrClN3. The van der Waals surface area contributed by atoms with Gasteiger partial charge >= 0.3 is 0 Å². The maximum absolute atomic E-state index is 5.94. The van der Waals surface area contributed by atoms with Crippen LogP contribution in [0.5, 0.6) is 0 Å². The van der Waals surface area contributed by atoms with E-state index in [1.54, 1.807) is 0 Å². The first-order valence-electron chi connectivity index (χ1n) is 5.60. The second-order valence-electron chi connectivity index (χ2n) is 4.18. The summed E-state index contributed by atoms with van der Waals surface area (Å²) in [5.41, 5.74) is 0. The van der Waals surface area contributed by atoms with Crippen molar-refractivity contribution in [3.05, 3.63) is 28.1 Å². The molecule has 3 heterocycles. The Hall–Kier alpha value is -0.870. The van der Waals surface area contributed by atoms with Gasteiger partial charge in [-0.3, -0.25) is 0 Å². The standard InChI is InChI=1S/C12H11BrClN3/c13-10-7-16-12(17-3-1-2-4-17)9-6-15-11(14)5-8(9)10/h5-7H,1-4H2. The molecule has 2 aromatic heterocycles. The highest BCUT2D eigenvalue weighted by Crippen LogP contribution is 2.32. The van der Waals surface area contributed by atoms with E-state index in [1.165, 1.54) is 12.8 Å². The van der Waals surface area contributed by atoms with Crippen LogP contribution in [0.4, 0.5) is 5.82 Å². The predicted molar refractivity (Wildman–Crippen MR) is 73.7 cm³/mol. The van der Waals surface area contributed by atoms with Crippen LogP contribution in [-0.4, -0.2) is 23.1 Å². The molecule has 1 fully saturated rings. The van der Waals surface area contributed by atoms with Crippen LogP contribution in [-0.2, 0) is 0 Å². The molecule has 0 aromatic carbocycles. The number of nitrogens with zero attached hydrogens (tertiary/aromatic N) is 3. The summed E-state index contributed by atoms with van der Waals surface area (Å²) < 4.78 is 0.958. The van der Waals surface area contributed by atoms with Gasteiger partial charge in [0.2, 0.25) is 0 Å². The molecule has 0 atom stereocenters. The van der Waals surface area contributed by atoms with Crippen LogP contribution in [0.2, 0.25) is 5.15 Å². The van der Waals surface area contributed by atoms with E-state index in [0.29, 0.717) is 5.15 Å². The maximum Gasteiger partial charge on any atom is 0.138 e. The minimum Gasteiger partial charge on any atom is -0.356 e. The SMILES string of the molecule is Clc1cc2c(Br)cnc(N3CCCC3)c2cn1. The molecule has 1 saturated heterocycles. The van der Waals surface area contributed by atoms with E-state index in [9.17, 15) is 0 Å². The molecule has 3 rings (SSSR count). The summed E-state index contributed by atoms with van der Waals surface area (Å²) in [6, 6.07) is 1.88. The van der Waals surface area contributed by atoms with Crippen molar-refractivity contribution in [2.24, 2.45) is 0 Å². The van der Waals surface area contributed by atoms with E-state index in [0.717, 1.165) is 34.2 Å². The molecule has 5 heteroatoms. The lowest BCUT2D eigenvalue weighted by molar-refractivity contribution is 0.944.